The summed E-state index contributed by atoms with van der Waals surface area (Å²) in [6.07, 6.45) is 0. The normalized spacial score (nSPS) is 12.3. The number of aliphatic carboxylic acids is 1. The second kappa shape index (κ2) is 5.72. The van der Waals surface area contributed by atoms with Crippen LogP contribution in [-0.4, -0.2) is 51.8 Å². The molecule has 0 radical (unpaired) electrons. The van der Waals surface area contributed by atoms with Gasteiger partial charge in [-0.1, -0.05) is 0 Å². The second-order valence-corrected chi connectivity index (χ2v) is 3.33. The molecule has 0 saturated heterocycles. The summed E-state index contributed by atoms with van der Waals surface area (Å²) in [5.41, 5.74) is 0. The molecule has 86 valence electrons. The first kappa shape index (κ1) is 13.9. The van der Waals surface area contributed by atoms with Gasteiger partial charge in [-0.25, -0.2) is 5.01 Å². The van der Waals surface area contributed by atoms with Crippen molar-refractivity contribution in [1.82, 2.24) is 10.0 Å². The molecule has 1 unspecified atom stereocenters. The van der Waals surface area contributed by atoms with E-state index in [0.29, 0.717) is 0 Å². The molecule has 0 aliphatic rings. The van der Waals surface area contributed by atoms with E-state index in [1.165, 1.54) is 20.9 Å². The lowest BCUT2D eigenvalue weighted by atomic mass is 10.3. The summed E-state index contributed by atoms with van der Waals surface area (Å²) in [6.45, 7) is 2.38. The average Bonchev–Trinajstić information content (AvgIpc) is 2.02. The number of carboxylic acids is 1. The third kappa shape index (κ3) is 3.52. The number of nitrogens with zero attached hydrogens (tertiary/aromatic N) is 2. The molecule has 0 spiro atoms. The highest BCUT2D eigenvalue weighted by molar-refractivity contribution is 7.80. The zero-order valence-corrected chi connectivity index (χ0v) is 9.69. The molecule has 0 heterocycles. The molecule has 1 atom stereocenters. The number of thiol groups is 1. The lowest BCUT2D eigenvalue weighted by Gasteiger charge is -2.31. The molecule has 1 N–H and O–H groups in total. The van der Waals surface area contributed by atoms with Gasteiger partial charge in [-0.05, 0) is 0 Å². The van der Waals surface area contributed by atoms with Gasteiger partial charge in [0.2, 0.25) is 11.8 Å². The number of imide groups is 1. The van der Waals surface area contributed by atoms with Gasteiger partial charge in [0.05, 0.1) is 0 Å². The predicted molar refractivity (Wildman–Crippen MR) is 56.2 cm³/mol. The van der Waals surface area contributed by atoms with E-state index in [1.807, 2.05) is 0 Å². The van der Waals surface area contributed by atoms with Crippen LogP contribution in [0.2, 0.25) is 0 Å². The number of likely N-dealkylation sites (N-methyl/N-ethyl adjacent to an activating group) is 1. The molecular weight excluding hydrogens is 220 g/mol. The van der Waals surface area contributed by atoms with Crippen molar-refractivity contribution >= 4 is 30.4 Å². The SMILES string of the molecule is CC(=O)N(C(C)=O)N(C)C(CS)C(=O)O. The third-order valence-electron chi connectivity index (χ3n) is 1.82. The molecular formula is C8H14N2O4S. The van der Waals surface area contributed by atoms with Crippen molar-refractivity contribution in [3.8, 4) is 0 Å². The highest BCUT2D eigenvalue weighted by atomic mass is 32.1. The summed E-state index contributed by atoms with van der Waals surface area (Å²) in [7, 11) is 1.36. The predicted octanol–water partition coefficient (Wildman–Crippen LogP) is -0.389. The van der Waals surface area contributed by atoms with Crippen LogP contribution in [-0.2, 0) is 14.4 Å². The van der Waals surface area contributed by atoms with Gasteiger partial charge in [0.25, 0.3) is 0 Å². The van der Waals surface area contributed by atoms with Gasteiger partial charge in [-0.15, -0.1) is 0 Å². The Bertz CT molecular complexity index is 268. The van der Waals surface area contributed by atoms with Crippen LogP contribution in [0.1, 0.15) is 13.8 Å². The van der Waals surface area contributed by atoms with E-state index >= 15 is 0 Å². The van der Waals surface area contributed by atoms with Crippen LogP contribution in [0.25, 0.3) is 0 Å². The molecule has 0 aliphatic heterocycles. The monoisotopic (exact) mass is 234 g/mol. The Hall–Kier alpha value is -1.08. The topological polar surface area (TPSA) is 77.9 Å². The Balaban J connectivity index is 4.91. The van der Waals surface area contributed by atoms with E-state index in [1.54, 1.807) is 0 Å². The quantitative estimate of drug-likeness (QED) is 0.512. The van der Waals surface area contributed by atoms with E-state index in [4.69, 9.17) is 5.11 Å². The van der Waals surface area contributed by atoms with Crippen LogP contribution in [0.3, 0.4) is 0 Å². The summed E-state index contributed by atoms with van der Waals surface area (Å²) in [6, 6.07) is -1.01. The lowest BCUT2D eigenvalue weighted by Crippen LogP contribution is -2.54. The maximum Gasteiger partial charge on any atom is 0.323 e. The number of hydrogen-bond acceptors (Lipinski definition) is 5. The van der Waals surface area contributed by atoms with Crippen molar-refractivity contribution in [2.24, 2.45) is 0 Å². The van der Waals surface area contributed by atoms with Crippen LogP contribution >= 0.6 is 12.6 Å². The van der Waals surface area contributed by atoms with Crippen molar-refractivity contribution in [3.05, 3.63) is 0 Å². The number of hydrogen-bond donors (Lipinski definition) is 2. The summed E-state index contributed by atoms with van der Waals surface area (Å²) >= 11 is 3.85. The number of hydrazine groups is 1. The Labute approximate surface area is 93.2 Å². The Kier molecular flexibility index (Phi) is 5.31. The standard InChI is InChI=1S/C8H14N2O4S/c1-5(11)10(6(2)12)9(3)7(4-15)8(13)14/h7,15H,4H2,1-3H3,(H,13,14). The fourth-order valence-corrected chi connectivity index (χ4v) is 1.55. The zero-order chi connectivity index (χ0) is 12.2. The molecule has 2 amide bonds. The van der Waals surface area contributed by atoms with Gasteiger partial charge in [-0.2, -0.15) is 17.6 Å². The molecule has 0 saturated carbocycles. The minimum atomic E-state index is -1.14. The van der Waals surface area contributed by atoms with Crippen LogP contribution in [0.15, 0.2) is 0 Å². The molecule has 15 heavy (non-hydrogen) atoms. The number of amides is 2. The van der Waals surface area contributed by atoms with Gasteiger partial charge >= 0.3 is 5.97 Å². The molecule has 0 bridgehead atoms. The zero-order valence-electron chi connectivity index (χ0n) is 8.80. The molecule has 0 rings (SSSR count). The van der Waals surface area contributed by atoms with E-state index in [0.717, 1.165) is 10.0 Å². The van der Waals surface area contributed by atoms with Crippen LogP contribution in [0.5, 0.6) is 0 Å². The molecule has 0 fully saturated rings. The van der Waals surface area contributed by atoms with Crippen molar-refractivity contribution in [3.63, 3.8) is 0 Å². The molecule has 0 aromatic rings. The second-order valence-electron chi connectivity index (χ2n) is 2.96. The summed E-state index contributed by atoms with van der Waals surface area (Å²) in [5, 5.41) is 10.7. The first-order valence-electron chi connectivity index (χ1n) is 4.20. The Morgan fingerprint density at radius 3 is 1.87 bits per heavy atom. The molecule has 0 aliphatic carbocycles. The minimum absolute atomic E-state index is 0.00287. The number of rotatable bonds is 4. The van der Waals surface area contributed by atoms with E-state index in [2.05, 4.69) is 12.6 Å². The van der Waals surface area contributed by atoms with E-state index in [9.17, 15) is 14.4 Å². The van der Waals surface area contributed by atoms with E-state index < -0.39 is 23.8 Å². The van der Waals surface area contributed by atoms with E-state index in [-0.39, 0.29) is 5.75 Å². The van der Waals surface area contributed by atoms with Crippen LogP contribution < -0.4 is 0 Å². The molecule has 6 nitrogen and oxygen atoms in total. The highest BCUT2D eigenvalue weighted by Gasteiger charge is 2.29. The Morgan fingerprint density at radius 2 is 1.67 bits per heavy atom. The van der Waals surface area contributed by atoms with Crippen molar-refractivity contribution < 1.29 is 19.5 Å². The van der Waals surface area contributed by atoms with Gasteiger partial charge < -0.3 is 5.11 Å². The fourth-order valence-electron chi connectivity index (χ4n) is 1.16. The lowest BCUT2D eigenvalue weighted by molar-refractivity contribution is -0.167. The smallest absolute Gasteiger partial charge is 0.323 e. The molecule has 7 heteroatoms. The van der Waals surface area contributed by atoms with Crippen LogP contribution in [0.4, 0.5) is 0 Å². The minimum Gasteiger partial charge on any atom is -0.480 e. The fraction of sp³-hybridized carbons (Fsp3) is 0.625. The van der Waals surface area contributed by atoms with Crippen molar-refractivity contribution in [2.75, 3.05) is 12.8 Å². The maximum atomic E-state index is 11.1. The third-order valence-corrected chi connectivity index (χ3v) is 2.17. The van der Waals surface area contributed by atoms with Gasteiger partial charge in [0.1, 0.15) is 6.04 Å². The van der Waals surface area contributed by atoms with Crippen LogP contribution in [0, 0.1) is 0 Å². The van der Waals surface area contributed by atoms with Crippen molar-refractivity contribution in [2.45, 2.75) is 19.9 Å². The summed E-state index contributed by atoms with van der Waals surface area (Å²) in [5.74, 6) is -2.20. The van der Waals surface area contributed by atoms with Gasteiger partial charge in [0.15, 0.2) is 0 Å². The average molecular weight is 234 g/mol. The summed E-state index contributed by atoms with van der Waals surface area (Å²) < 4.78 is 0. The maximum absolute atomic E-state index is 11.1. The molecule has 0 aromatic carbocycles. The van der Waals surface area contributed by atoms with Crippen molar-refractivity contribution in [1.29, 1.82) is 0 Å². The first-order valence-corrected chi connectivity index (χ1v) is 4.83. The molecule has 0 aromatic heterocycles. The number of carbonyl (C=O) groups is 3. The number of carboxylic acid groups (broad SMARTS) is 1. The first-order chi connectivity index (χ1) is 6.82. The highest BCUT2D eigenvalue weighted by Crippen LogP contribution is 2.05. The van der Waals surface area contributed by atoms with Gasteiger partial charge in [0, 0.05) is 26.6 Å². The van der Waals surface area contributed by atoms with Gasteiger partial charge in [-0.3, -0.25) is 14.4 Å². The number of carbonyl (C=O) groups excluding carboxylic acids is 2. The largest absolute Gasteiger partial charge is 0.480 e. The Morgan fingerprint density at radius 1 is 1.27 bits per heavy atom. The summed E-state index contributed by atoms with van der Waals surface area (Å²) in [4.78, 5) is 33.0.